The van der Waals surface area contributed by atoms with E-state index in [2.05, 4.69) is 0 Å². The Hall–Kier alpha value is -2.05. The second-order valence-corrected chi connectivity index (χ2v) is 7.67. The van der Waals surface area contributed by atoms with Gasteiger partial charge in [0, 0.05) is 10.7 Å². The maximum atomic E-state index is 12.4. The standard InChI is InChI=1S/C16H14ClNO4S/c1-22-14-8-6-13(7-9-14)18-15(19)10-23(20,21)16(18)11-2-4-12(17)5-3-11/h2-9,16H,10H2,1H3/t16-/m0/s1. The van der Waals surface area contributed by atoms with E-state index in [0.717, 1.165) is 0 Å². The lowest BCUT2D eigenvalue weighted by Crippen LogP contribution is -2.29. The topological polar surface area (TPSA) is 63.7 Å². The molecule has 120 valence electrons. The van der Waals surface area contributed by atoms with Gasteiger partial charge in [-0.15, -0.1) is 0 Å². The van der Waals surface area contributed by atoms with Crippen molar-refractivity contribution in [3.63, 3.8) is 0 Å². The van der Waals surface area contributed by atoms with Crippen LogP contribution in [0.15, 0.2) is 48.5 Å². The zero-order chi connectivity index (χ0) is 16.6. The maximum absolute atomic E-state index is 12.4. The lowest BCUT2D eigenvalue weighted by Gasteiger charge is -2.24. The summed E-state index contributed by atoms with van der Waals surface area (Å²) >= 11 is 5.86. The molecule has 23 heavy (non-hydrogen) atoms. The van der Waals surface area contributed by atoms with Gasteiger partial charge in [-0.3, -0.25) is 9.69 Å². The number of nitrogens with zero attached hydrogens (tertiary/aromatic N) is 1. The molecule has 3 rings (SSSR count). The van der Waals surface area contributed by atoms with Crippen molar-refractivity contribution in [2.24, 2.45) is 0 Å². The largest absolute Gasteiger partial charge is 0.497 e. The van der Waals surface area contributed by atoms with Crippen LogP contribution < -0.4 is 9.64 Å². The Kier molecular flexibility index (Phi) is 4.04. The molecule has 5 nitrogen and oxygen atoms in total. The van der Waals surface area contributed by atoms with Crippen LogP contribution in [0.2, 0.25) is 5.02 Å². The molecule has 0 bridgehead atoms. The molecular weight excluding hydrogens is 338 g/mol. The molecule has 7 heteroatoms. The van der Waals surface area contributed by atoms with E-state index in [1.165, 1.54) is 12.0 Å². The highest BCUT2D eigenvalue weighted by atomic mass is 35.5. The van der Waals surface area contributed by atoms with Gasteiger partial charge < -0.3 is 4.74 Å². The lowest BCUT2D eigenvalue weighted by atomic mass is 10.2. The molecule has 2 aromatic rings. The second kappa shape index (κ2) is 5.86. The van der Waals surface area contributed by atoms with E-state index in [1.54, 1.807) is 48.5 Å². The van der Waals surface area contributed by atoms with Crippen LogP contribution in [0.25, 0.3) is 0 Å². The number of hydrogen-bond donors (Lipinski definition) is 0. The third kappa shape index (κ3) is 2.92. The van der Waals surface area contributed by atoms with Gasteiger partial charge >= 0.3 is 0 Å². The van der Waals surface area contributed by atoms with E-state index in [1.807, 2.05) is 0 Å². The number of rotatable bonds is 3. The first-order chi connectivity index (χ1) is 10.9. The van der Waals surface area contributed by atoms with E-state index < -0.39 is 26.9 Å². The quantitative estimate of drug-likeness (QED) is 0.853. The number of methoxy groups -OCH3 is 1. The van der Waals surface area contributed by atoms with E-state index >= 15 is 0 Å². The van der Waals surface area contributed by atoms with Crippen LogP contribution in [0.4, 0.5) is 5.69 Å². The third-order valence-corrected chi connectivity index (χ3v) is 5.74. The van der Waals surface area contributed by atoms with Crippen molar-refractivity contribution in [2.75, 3.05) is 17.8 Å². The van der Waals surface area contributed by atoms with Gasteiger partial charge in [-0.25, -0.2) is 8.42 Å². The number of ether oxygens (including phenoxy) is 1. The number of halogens is 1. The molecule has 1 amide bonds. The van der Waals surface area contributed by atoms with Gasteiger partial charge in [0.1, 0.15) is 11.5 Å². The molecule has 1 atom stereocenters. The minimum Gasteiger partial charge on any atom is -0.497 e. The van der Waals surface area contributed by atoms with Gasteiger partial charge in [0.25, 0.3) is 0 Å². The van der Waals surface area contributed by atoms with Crippen molar-refractivity contribution < 1.29 is 17.9 Å². The fraction of sp³-hybridized carbons (Fsp3) is 0.188. The van der Waals surface area contributed by atoms with E-state index in [4.69, 9.17) is 16.3 Å². The summed E-state index contributed by atoms with van der Waals surface area (Å²) in [6.07, 6.45) is 0. The smallest absolute Gasteiger partial charge is 0.243 e. The van der Waals surface area contributed by atoms with Gasteiger partial charge in [-0.2, -0.15) is 0 Å². The summed E-state index contributed by atoms with van der Waals surface area (Å²) in [5, 5.41) is -0.535. The number of hydrogen-bond acceptors (Lipinski definition) is 4. The molecule has 0 radical (unpaired) electrons. The number of amides is 1. The lowest BCUT2D eigenvalue weighted by molar-refractivity contribution is -0.115. The molecule has 0 N–H and O–H groups in total. The molecule has 1 fully saturated rings. The minimum absolute atomic E-state index is 0.449. The summed E-state index contributed by atoms with van der Waals surface area (Å²) in [6.45, 7) is 0. The van der Waals surface area contributed by atoms with Crippen LogP contribution in [0.3, 0.4) is 0 Å². The zero-order valence-electron chi connectivity index (χ0n) is 12.3. The van der Waals surface area contributed by atoms with Gasteiger partial charge in [-0.05, 0) is 42.0 Å². The molecule has 1 saturated heterocycles. The summed E-state index contributed by atoms with van der Waals surface area (Å²) < 4.78 is 30.0. The molecule has 0 unspecified atom stereocenters. The number of carbonyl (C=O) groups excluding carboxylic acids is 1. The third-order valence-electron chi connectivity index (χ3n) is 3.67. The normalized spacial score (nSPS) is 19.8. The van der Waals surface area contributed by atoms with Crippen molar-refractivity contribution in [1.82, 2.24) is 0 Å². The number of sulfone groups is 1. The maximum Gasteiger partial charge on any atom is 0.243 e. The summed E-state index contributed by atoms with van der Waals surface area (Å²) in [5.41, 5.74) is 1.02. The summed E-state index contributed by atoms with van der Waals surface area (Å²) in [5.74, 6) is -0.326. The van der Waals surface area contributed by atoms with Crippen LogP contribution in [0.1, 0.15) is 10.9 Å². The van der Waals surface area contributed by atoms with Crippen LogP contribution in [-0.2, 0) is 14.6 Å². The van der Waals surface area contributed by atoms with Crippen molar-refractivity contribution in [3.8, 4) is 5.75 Å². The molecule has 0 spiro atoms. The predicted molar refractivity (Wildman–Crippen MR) is 88.5 cm³/mol. The predicted octanol–water partition coefficient (Wildman–Crippen LogP) is 2.81. The summed E-state index contributed by atoms with van der Waals surface area (Å²) in [7, 11) is -2.07. The molecule has 0 aliphatic carbocycles. The Bertz CT molecular complexity index is 831. The SMILES string of the molecule is COc1ccc(N2C(=O)CS(=O)(=O)[C@H]2c2ccc(Cl)cc2)cc1. The monoisotopic (exact) mass is 351 g/mol. The fourth-order valence-electron chi connectivity index (χ4n) is 2.62. The fourth-order valence-corrected chi connectivity index (χ4v) is 4.52. The summed E-state index contributed by atoms with van der Waals surface area (Å²) in [6, 6.07) is 13.2. The van der Waals surface area contributed by atoms with E-state index in [-0.39, 0.29) is 0 Å². The minimum atomic E-state index is -3.61. The van der Waals surface area contributed by atoms with Crippen molar-refractivity contribution in [3.05, 3.63) is 59.1 Å². The Morgan fingerprint density at radius 1 is 1.09 bits per heavy atom. The van der Waals surface area contributed by atoms with Gasteiger partial charge in [0.2, 0.25) is 5.91 Å². The first kappa shape index (κ1) is 15.8. The van der Waals surface area contributed by atoms with Gasteiger partial charge in [-0.1, -0.05) is 23.7 Å². The average molecular weight is 352 g/mol. The molecule has 1 heterocycles. The Morgan fingerprint density at radius 3 is 2.26 bits per heavy atom. The molecule has 1 aliphatic rings. The molecular formula is C16H14ClNO4S. The van der Waals surface area contributed by atoms with E-state index in [9.17, 15) is 13.2 Å². The Balaban J connectivity index is 2.08. The summed E-state index contributed by atoms with van der Waals surface area (Å²) in [4.78, 5) is 13.6. The van der Waals surface area contributed by atoms with Crippen LogP contribution in [0, 0.1) is 0 Å². The van der Waals surface area contributed by atoms with Crippen LogP contribution in [-0.4, -0.2) is 27.2 Å². The Labute approximate surface area is 139 Å². The number of anilines is 1. The molecule has 0 aromatic heterocycles. The van der Waals surface area contributed by atoms with Gasteiger partial charge in [0.05, 0.1) is 7.11 Å². The highest BCUT2D eigenvalue weighted by Crippen LogP contribution is 2.38. The number of benzene rings is 2. The van der Waals surface area contributed by atoms with Crippen molar-refractivity contribution in [1.29, 1.82) is 0 Å². The highest BCUT2D eigenvalue weighted by Gasteiger charge is 2.45. The first-order valence-corrected chi connectivity index (χ1v) is 8.95. The first-order valence-electron chi connectivity index (χ1n) is 6.85. The zero-order valence-corrected chi connectivity index (χ0v) is 13.8. The number of carbonyl (C=O) groups is 1. The Morgan fingerprint density at radius 2 is 1.70 bits per heavy atom. The van der Waals surface area contributed by atoms with Crippen LogP contribution in [0.5, 0.6) is 5.75 Å². The molecule has 2 aromatic carbocycles. The van der Waals surface area contributed by atoms with Gasteiger partial charge in [0.15, 0.2) is 15.2 Å². The molecule has 1 aliphatic heterocycles. The van der Waals surface area contributed by atoms with Crippen LogP contribution >= 0.6 is 11.6 Å². The average Bonchev–Trinajstić information content (AvgIpc) is 2.77. The van der Waals surface area contributed by atoms with Crippen molar-refractivity contribution in [2.45, 2.75) is 5.37 Å². The molecule has 0 saturated carbocycles. The second-order valence-electron chi connectivity index (χ2n) is 5.17. The highest BCUT2D eigenvalue weighted by molar-refractivity contribution is 7.93. The van der Waals surface area contributed by atoms with Crippen molar-refractivity contribution >= 4 is 33.0 Å². The van der Waals surface area contributed by atoms with E-state index in [0.29, 0.717) is 22.0 Å².